The van der Waals surface area contributed by atoms with Crippen LogP contribution in [0.4, 0.5) is 0 Å². The van der Waals surface area contributed by atoms with Gasteiger partial charge in [-0.05, 0) is 58.2 Å². The minimum Gasteiger partial charge on any atom is -0.378 e. The highest BCUT2D eigenvalue weighted by atomic mass is 16.5. The van der Waals surface area contributed by atoms with E-state index in [2.05, 4.69) is 11.8 Å². The van der Waals surface area contributed by atoms with Gasteiger partial charge >= 0.3 is 0 Å². The van der Waals surface area contributed by atoms with E-state index in [1.165, 1.54) is 38.8 Å². The van der Waals surface area contributed by atoms with Gasteiger partial charge in [-0.2, -0.15) is 0 Å². The lowest BCUT2D eigenvalue weighted by atomic mass is 9.85. The molecule has 1 heterocycles. The molecule has 3 heteroatoms. The first kappa shape index (κ1) is 11.4. The van der Waals surface area contributed by atoms with Crippen LogP contribution in [0.1, 0.15) is 32.6 Å². The average molecular weight is 212 g/mol. The minimum atomic E-state index is 0.548. The molecule has 0 atom stereocenters. The number of rotatable bonds is 4. The van der Waals surface area contributed by atoms with Gasteiger partial charge in [0.25, 0.3) is 0 Å². The molecule has 0 aromatic rings. The zero-order valence-corrected chi connectivity index (χ0v) is 9.82. The molecule has 15 heavy (non-hydrogen) atoms. The smallest absolute Gasteiger partial charge is 0.0604 e. The lowest BCUT2D eigenvalue weighted by molar-refractivity contribution is -0.0532. The molecule has 2 aliphatic rings. The molecule has 1 aliphatic carbocycles. The van der Waals surface area contributed by atoms with Gasteiger partial charge in [0.15, 0.2) is 0 Å². The topological polar surface area (TPSA) is 38.5 Å². The lowest BCUT2D eigenvalue weighted by Gasteiger charge is -2.45. The van der Waals surface area contributed by atoms with Crippen LogP contribution in [0.25, 0.3) is 0 Å². The summed E-state index contributed by atoms with van der Waals surface area (Å²) in [6.45, 7) is 6.34. The second kappa shape index (κ2) is 5.28. The highest BCUT2D eigenvalue weighted by Crippen LogP contribution is 2.31. The fraction of sp³-hybridized carbons (Fsp3) is 1.00. The summed E-state index contributed by atoms with van der Waals surface area (Å²) in [7, 11) is 0. The second-order valence-electron chi connectivity index (χ2n) is 4.92. The van der Waals surface area contributed by atoms with E-state index in [1.807, 2.05) is 0 Å². The third kappa shape index (κ3) is 2.71. The van der Waals surface area contributed by atoms with Gasteiger partial charge in [-0.1, -0.05) is 0 Å². The fourth-order valence-electron chi connectivity index (χ4n) is 2.76. The largest absolute Gasteiger partial charge is 0.378 e. The molecule has 0 amide bonds. The van der Waals surface area contributed by atoms with Crippen LogP contribution in [-0.4, -0.2) is 43.3 Å². The van der Waals surface area contributed by atoms with E-state index in [9.17, 15) is 0 Å². The third-order valence-corrected chi connectivity index (χ3v) is 3.97. The van der Waals surface area contributed by atoms with Gasteiger partial charge in [-0.25, -0.2) is 0 Å². The summed E-state index contributed by atoms with van der Waals surface area (Å²) in [6, 6.07) is 0.806. The highest BCUT2D eigenvalue weighted by Gasteiger charge is 2.35. The van der Waals surface area contributed by atoms with Crippen LogP contribution < -0.4 is 5.73 Å². The zero-order chi connectivity index (χ0) is 10.7. The van der Waals surface area contributed by atoms with Crippen molar-refractivity contribution in [3.05, 3.63) is 0 Å². The summed E-state index contributed by atoms with van der Waals surface area (Å²) >= 11 is 0. The van der Waals surface area contributed by atoms with Crippen LogP contribution in [0.5, 0.6) is 0 Å². The molecular weight excluding hydrogens is 188 g/mol. The first-order chi connectivity index (χ1) is 7.33. The summed E-state index contributed by atoms with van der Waals surface area (Å²) in [5.74, 6) is 0.781. The summed E-state index contributed by atoms with van der Waals surface area (Å²) in [5.41, 5.74) is 5.69. The van der Waals surface area contributed by atoms with Crippen LogP contribution in [0.3, 0.4) is 0 Å². The maximum absolute atomic E-state index is 5.69. The van der Waals surface area contributed by atoms with Crippen molar-refractivity contribution in [3.63, 3.8) is 0 Å². The Bertz CT molecular complexity index is 184. The summed E-state index contributed by atoms with van der Waals surface area (Å²) < 4.78 is 5.59. The van der Waals surface area contributed by atoms with Crippen LogP contribution in [0.15, 0.2) is 0 Å². The quantitative estimate of drug-likeness (QED) is 0.761. The predicted octanol–water partition coefficient (Wildman–Crippen LogP) is 1.22. The molecule has 0 aromatic heterocycles. The van der Waals surface area contributed by atoms with Gasteiger partial charge in [-0.15, -0.1) is 0 Å². The summed E-state index contributed by atoms with van der Waals surface area (Å²) in [5, 5.41) is 0. The Balaban J connectivity index is 1.65. The van der Waals surface area contributed by atoms with E-state index in [-0.39, 0.29) is 0 Å². The summed E-state index contributed by atoms with van der Waals surface area (Å²) in [4.78, 5) is 2.64. The number of ether oxygens (including phenoxy) is 1. The Labute approximate surface area is 93.0 Å². The second-order valence-corrected chi connectivity index (χ2v) is 4.92. The average Bonchev–Trinajstić information content (AvgIpc) is 2.23. The normalized spacial score (nSPS) is 34.0. The molecule has 88 valence electrons. The number of nitrogens with two attached hydrogens (primary N) is 1. The van der Waals surface area contributed by atoms with E-state index >= 15 is 0 Å². The molecular formula is C12H24N2O. The van der Waals surface area contributed by atoms with Gasteiger partial charge in [0.2, 0.25) is 0 Å². The van der Waals surface area contributed by atoms with E-state index in [0.717, 1.165) is 25.1 Å². The highest BCUT2D eigenvalue weighted by molar-refractivity contribution is 4.90. The number of piperidine rings is 1. The van der Waals surface area contributed by atoms with E-state index in [0.29, 0.717) is 6.10 Å². The molecule has 0 spiro atoms. The van der Waals surface area contributed by atoms with Gasteiger partial charge in [0, 0.05) is 12.6 Å². The Hall–Kier alpha value is -0.120. The number of hydrogen-bond acceptors (Lipinski definition) is 3. The SMILES string of the molecule is CCOC1CC(N2CCC(CN)CC2)C1. The predicted molar refractivity (Wildman–Crippen MR) is 61.8 cm³/mol. The standard InChI is InChI=1S/C12H24N2O/c1-2-15-12-7-11(8-12)14-5-3-10(9-13)4-6-14/h10-12H,2-9,13H2,1H3. The van der Waals surface area contributed by atoms with Crippen molar-refractivity contribution in [1.29, 1.82) is 0 Å². The number of hydrogen-bond donors (Lipinski definition) is 1. The van der Waals surface area contributed by atoms with Crippen LogP contribution in [0, 0.1) is 5.92 Å². The van der Waals surface area contributed by atoms with Gasteiger partial charge in [-0.3, -0.25) is 0 Å². The lowest BCUT2D eigenvalue weighted by Crippen LogP contribution is -2.51. The Morgan fingerprint density at radius 3 is 2.47 bits per heavy atom. The molecule has 3 nitrogen and oxygen atoms in total. The number of likely N-dealkylation sites (tertiary alicyclic amines) is 1. The molecule has 2 fully saturated rings. The van der Waals surface area contributed by atoms with Gasteiger partial charge < -0.3 is 15.4 Å². The van der Waals surface area contributed by atoms with Crippen molar-refractivity contribution in [3.8, 4) is 0 Å². The van der Waals surface area contributed by atoms with Crippen molar-refractivity contribution in [2.45, 2.75) is 44.8 Å². The summed E-state index contributed by atoms with van der Waals surface area (Å²) in [6.07, 6.45) is 5.65. The zero-order valence-electron chi connectivity index (χ0n) is 9.82. The van der Waals surface area contributed by atoms with Crippen molar-refractivity contribution in [2.24, 2.45) is 11.7 Å². The Morgan fingerprint density at radius 1 is 1.27 bits per heavy atom. The Morgan fingerprint density at radius 2 is 1.93 bits per heavy atom. The molecule has 0 bridgehead atoms. The Kier molecular flexibility index (Phi) is 4.00. The van der Waals surface area contributed by atoms with E-state index in [4.69, 9.17) is 10.5 Å². The maximum atomic E-state index is 5.69. The maximum Gasteiger partial charge on any atom is 0.0604 e. The van der Waals surface area contributed by atoms with Gasteiger partial charge in [0.1, 0.15) is 0 Å². The first-order valence-electron chi connectivity index (χ1n) is 6.39. The van der Waals surface area contributed by atoms with Crippen LogP contribution in [0.2, 0.25) is 0 Å². The molecule has 0 aromatic carbocycles. The molecule has 2 rings (SSSR count). The van der Waals surface area contributed by atoms with Gasteiger partial charge in [0.05, 0.1) is 6.10 Å². The monoisotopic (exact) mass is 212 g/mol. The first-order valence-corrected chi connectivity index (χ1v) is 6.39. The number of nitrogens with zero attached hydrogens (tertiary/aromatic N) is 1. The molecule has 1 saturated heterocycles. The molecule has 2 N–H and O–H groups in total. The minimum absolute atomic E-state index is 0.548. The van der Waals surface area contributed by atoms with Crippen molar-refractivity contribution in [2.75, 3.05) is 26.2 Å². The van der Waals surface area contributed by atoms with Crippen molar-refractivity contribution < 1.29 is 4.74 Å². The van der Waals surface area contributed by atoms with Crippen molar-refractivity contribution >= 4 is 0 Å². The van der Waals surface area contributed by atoms with Crippen LogP contribution in [-0.2, 0) is 4.74 Å². The molecule has 0 radical (unpaired) electrons. The molecule has 0 unspecified atom stereocenters. The molecule has 1 saturated carbocycles. The van der Waals surface area contributed by atoms with E-state index in [1.54, 1.807) is 0 Å². The fourth-order valence-corrected chi connectivity index (χ4v) is 2.76. The molecule has 1 aliphatic heterocycles. The third-order valence-electron chi connectivity index (χ3n) is 3.97. The van der Waals surface area contributed by atoms with E-state index < -0.39 is 0 Å². The van der Waals surface area contributed by atoms with Crippen molar-refractivity contribution in [1.82, 2.24) is 4.90 Å². The van der Waals surface area contributed by atoms with Crippen LogP contribution >= 0.6 is 0 Å².